The van der Waals surface area contributed by atoms with Crippen molar-refractivity contribution in [1.29, 1.82) is 0 Å². The summed E-state index contributed by atoms with van der Waals surface area (Å²) in [6, 6.07) is 0. The van der Waals surface area contributed by atoms with Gasteiger partial charge in [-0.25, -0.2) is 0 Å². The summed E-state index contributed by atoms with van der Waals surface area (Å²) in [6.45, 7) is 0.583. The van der Waals surface area contributed by atoms with Crippen molar-refractivity contribution in [3.05, 3.63) is 0 Å². The van der Waals surface area contributed by atoms with E-state index in [1.807, 2.05) is 0 Å². The summed E-state index contributed by atoms with van der Waals surface area (Å²) in [4.78, 5) is 2.49. The minimum atomic E-state index is -4.59. The van der Waals surface area contributed by atoms with Gasteiger partial charge in [0.05, 0.1) is 0 Å². The number of rotatable bonds is 1. The van der Waals surface area contributed by atoms with Crippen LogP contribution in [-0.2, 0) is 4.94 Å². The highest BCUT2D eigenvalue weighted by molar-refractivity contribution is 4.57. The molecule has 1 unspecified atom stereocenters. The van der Waals surface area contributed by atoms with Gasteiger partial charge in [-0.1, -0.05) is 0 Å². The third kappa shape index (κ3) is 2.11. The van der Waals surface area contributed by atoms with E-state index in [1.54, 1.807) is 0 Å². The fraction of sp³-hybridized carbons (Fsp3) is 1.00. The van der Waals surface area contributed by atoms with E-state index in [4.69, 9.17) is 0 Å². The predicted octanol–water partition coefficient (Wildman–Crippen LogP) is 1.84. The zero-order chi connectivity index (χ0) is 6.78. The first kappa shape index (κ1) is 7.68. The molecule has 0 saturated heterocycles. The van der Waals surface area contributed by atoms with E-state index in [0.717, 1.165) is 0 Å². The van der Waals surface area contributed by atoms with Crippen molar-refractivity contribution in [3.63, 3.8) is 0 Å². The second kappa shape index (κ2) is 2.30. The lowest BCUT2D eigenvalue weighted by Gasteiger charge is -2.08. The molecule has 1 nitrogen and oxygen atoms in total. The van der Waals surface area contributed by atoms with Gasteiger partial charge in [-0.15, -0.1) is 0 Å². The molecule has 0 fully saturated rings. The smallest absolute Gasteiger partial charge is 0.182 e. The maximum absolute atomic E-state index is 11.1. The van der Waals surface area contributed by atoms with Crippen molar-refractivity contribution in [1.82, 2.24) is 0 Å². The molecule has 0 aliphatic carbocycles. The molecule has 0 aromatic carbocycles. The third-order valence-electron chi connectivity index (χ3n) is 0.595. The summed E-state index contributed by atoms with van der Waals surface area (Å²) in [5.41, 5.74) is 0. The monoisotopic (exact) mass is 132 g/mol. The zero-order valence-corrected chi connectivity index (χ0v) is 4.00. The Labute approximate surface area is 43.1 Å². The van der Waals surface area contributed by atoms with Gasteiger partial charge in [-0.2, -0.15) is 18.1 Å². The van der Waals surface area contributed by atoms with Crippen molar-refractivity contribution < 1.29 is 22.6 Å². The van der Waals surface area contributed by atoms with Gasteiger partial charge < -0.3 is 0 Å². The average Bonchev–Trinajstić information content (AvgIpc) is 1.62. The van der Waals surface area contributed by atoms with Gasteiger partial charge in [0.15, 0.2) is 6.10 Å². The molecule has 0 aromatic heterocycles. The SMILES string of the molecule is CC(OF)C(F)(F)F. The second-order valence-corrected chi connectivity index (χ2v) is 1.27. The Hall–Kier alpha value is -0.320. The van der Waals surface area contributed by atoms with Crippen LogP contribution < -0.4 is 0 Å². The molecular formula is C3H4F4O. The summed E-state index contributed by atoms with van der Waals surface area (Å²) in [5, 5.41) is 0. The standard InChI is InChI=1S/C3H4F4O/c1-2(8-7)3(4,5)6/h2H,1H3. The van der Waals surface area contributed by atoms with Gasteiger partial charge >= 0.3 is 6.18 Å². The first-order chi connectivity index (χ1) is 3.48. The van der Waals surface area contributed by atoms with Gasteiger partial charge in [0.2, 0.25) is 0 Å². The van der Waals surface area contributed by atoms with E-state index >= 15 is 0 Å². The van der Waals surface area contributed by atoms with Gasteiger partial charge in [0, 0.05) is 0 Å². The van der Waals surface area contributed by atoms with Crippen LogP contribution in [0.1, 0.15) is 6.92 Å². The van der Waals surface area contributed by atoms with E-state index in [9.17, 15) is 17.7 Å². The summed E-state index contributed by atoms with van der Waals surface area (Å²) >= 11 is 0. The van der Waals surface area contributed by atoms with Crippen LogP contribution in [-0.4, -0.2) is 12.3 Å². The molecule has 0 aliphatic heterocycles. The first-order valence-corrected chi connectivity index (χ1v) is 1.82. The molecule has 1 atom stereocenters. The lowest BCUT2D eigenvalue weighted by atomic mass is 10.4. The molecule has 0 rings (SSSR count). The maximum Gasteiger partial charge on any atom is 0.417 e. The normalized spacial score (nSPS) is 16.1. The molecule has 0 radical (unpaired) electrons. The molecule has 0 bridgehead atoms. The Bertz CT molecular complexity index is 68.2. The lowest BCUT2D eigenvalue weighted by molar-refractivity contribution is -0.288. The Kier molecular flexibility index (Phi) is 2.21. The Balaban J connectivity index is 3.62. The summed E-state index contributed by atoms with van der Waals surface area (Å²) < 4.78 is 43.9. The highest BCUT2D eigenvalue weighted by Crippen LogP contribution is 2.21. The maximum atomic E-state index is 11.1. The molecule has 0 aromatic rings. The van der Waals surface area contributed by atoms with E-state index in [1.165, 1.54) is 0 Å². The van der Waals surface area contributed by atoms with Crippen LogP contribution in [0, 0.1) is 0 Å². The minimum absolute atomic E-state index is 0.583. The fourth-order valence-corrected chi connectivity index (χ4v) is 0.0505. The predicted molar refractivity (Wildman–Crippen MR) is 17.7 cm³/mol. The van der Waals surface area contributed by atoms with Crippen LogP contribution >= 0.6 is 0 Å². The first-order valence-electron chi connectivity index (χ1n) is 1.82. The lowest BCUT2D eigenvalue weighted by Crippen LogP contribution is -2.25. The van der Waals surface area contributed by atoms with Gasteiger partial charge in [-0.3, -0.25) is 0 Å². The Morgan fingerprint density at radius 3 is 1.75 bits per heavy atom. The van der Waals surface area contributed by atoms with Crippen LogP contribution in [0.15, 0.2) is 0 Å². The molecule has 0 spiro atoms. The van der Waals surface area contributed by atoms with E-state index in [0.29, 0.717) is 6.92 Å². The number of alkyl halides is 3. The van der Waals surface area contributed by atoms with Crippen LogP contribution in [0.2, 0.25) is 0 Å². The minimum Gasteiger partial charge on any atom is -0.182 e. The van der Waals surface area contributed by atoms with Crippen LogP contribution in [0.5, 0.6) is 0 Å². The van der Waals surface area contributed by atoms with E-state index in [2.05, 4.69) is 4.94 Å². The molecule has 5 heteroatoms. The van der Waals surface area contributed by atoms with Crippen molar-refractivity contribution in [2.75, 3.05) is 0 Å². The van der Waals surface area contributed by atoms with Crippen LogP contribution in [0.25, 0.3) is 0 Å². The number of hydrogen-bond acceptors (Lipinski definition) is 1. The van der Waals surface area contributed by atoms with Crippen molar-refractivity contribution >= 4 is 0 Å². The summed E-state index contributed by atoms with van der Waals surface area (Å²) in [7, 11) is 0. The van der Waals surface area contributed by atoms with Crippen LogP contribution in [0.3, 0.4) is 0 Å². The highest BCUT2D eigenvalue weighted by atomic mass is 19.4. The van der Waals surface area contributed by atoms with Gasteiger partial charge in [0.1, 0.15) is 0 Å². The average molecular weight is 132 g/mol. The molecule has 0 amide bonds. The summed E-state index contributed by atoms with van der Waals surface area (Å²) in [6.07, 6.45) is -6.91. The van der Waals surface area contributed by atoms with Crippen molar-refractivity contribution in [3.8, 4) is 0 Å². The van der Waals surface area contributed by atoms with E-state index in [-0.39, 0.29) is 0 Å². The summed E-state index contributed by atoms with van der Waals surface area (Å²) in [5.74, 6) is 0. The quantitative estimate of drug-likeness (QED) is 0.494. The number of hydrogen-bond donors (Lipinski definition) is 0. The molecule has 0 N–H and O–H groups in total. The molecule has 8 heavy (non-hydrogen) atoms. The zero-order valence-electron chi connectivity index (χ0n) is 4.00. The van der Waals surface area contributed by atoms with Crippen LogP contribution in [0.4, 0.5) is 17.7 Å². The third-order valence-corrected chi connectivity index (χ3v) is 0.595. The second-order valence-electron chi connectivity index (χ2n) is 1.27. The Morgan fingerprint density at radius 1 is 1.38 bits per heavy atom. The number of halogens is 4. The van der Waals surface area contributed by atoms with Gasteiger partial charge in [-0.05, 0) is 11.4 Å². The Morgan fingerprint density at radius 2 is 1.75 bits per heavy atom. The van der Waals surface area contributed by atoms with Crippen molar-refractivity contribution in [2.45, 2.75) is 19.2 Å². The van der Waals surface area contributed by atoms with E-state index < -0.39 is 12.3 Å². The molecule has 0 saturated carbocycles. The molecule has 0 aliphatic rings. The highest BCUT2D eigenvalue weighted by Gasteiger charge is 2.37. The largest absolute Gasteiger partial charge is 0.417 e. The molecule has 50 valence electrons. The topological polar surface area (TPSA) is 9.23 Å². The van der Waals surface area contributed by atoms with Gasteiger partial charge in [0.25, 0.3) is 0 Å². The molecular weight excluding hydrogens is 128 g/mol. The molecule has 0 heterocycles. The fourth-order valence-electron chi connectivity index (χ4n) is 0.0505. The van der Waals surface area contributed by atoms with Crippen molar-refractivity contribution in [2.24, 2.45) is 0 Å².